The molecule has 3 saturated heterocycles. The van der Waals surface area contributed by atoms with Crippen LogP contribution in [0.2, 0.25) is 0 Å². The zero-order valence-electron chi connectivity index (χ0n) is 34.3. The number of unbranched alkanes of at least 4 members (excludes halogenated alkanes) is 1. The fourth-order valence-corrected chi connectivity index (χ4v) is 11.2. The number of aliphatic hydroxyl groups is 6. The number of benzene rings is 1. The van der Waals surface area contributed by atoms with E-state index < -0.39 is 143 Å². The van der Waals surface area contributed by atoms with Crippen molar-refractivity contribution >= 4 is 75.9 Å². The molecule has 28 nitrogen and oxygen atoms in total. The van der Waals surface area contributed by atoms with Crippen molar-refractivity contribution < 1.29 is 116 Å². The van der Waals surface area contributed by atoms with Gasteiger partial charge in [-0.1, -0.05) is 34.1 Å². The van der Waals surface area contributed by atoms with Gasteiger partial charge in [0.2, 0.25) is 26.7 Å². The Bertz CT molecular complexity index is 2070. The average molecular weight is 1050 g/mol. The first kappa shape index (κ1) is 56.4. The molecule has 380 valence electrons. The SMILES string of the molecule is CO[C@H]1[C@H](O)[C@@H](NS(=O)(=O)[O-])[C@@H](O[C@H]2[C@H](O)[C@@H](OS(=O)(=O)[O-])[C@H](OC[C@@H](O)[C@@H](O)[C@H](O)[C@@H](O)CNc3cccc(NC(=O)CCCCC4CCSS4)c3)O[C@H]2C(=O)[O-])O[C@@H]1COS(=O)(=O)[O-]. The maximum absolute atomic E-state index is 12.5. The first-order valence-electron chi connectivity index (χ1n) is 19.6. The van der Waals surface area contributed by atoms with Gasteiger partial charge in [0.1, 0.15) is 61.0 Å². The second-order valence-corrected chi connectivity index (χ2v) is 20.9. The number of amides is 1. The Morgan fingerprint density at radius 2 is 1.58 bits per heavy atom. The fraction of sp³-hybridized carbons (Fsp3) is 0.758. The van der Waals surface area contributed by atoms with E-state index in [9.17, 15) is 84.2 Å². The number of methoxy groups -OCH3 is 1. The minimum absolute atomic E-state index is 0.210. The molecule has 1 amide bonds. The number of rotatable bonds is 26. The average Bonchev–Trinajstić information content (AvgIpc) is 3.75. The Labute approximate surface area is 386 Å². The van der Waals surface area contributed by atoms with Gasteiger partial charge in [0, 0.05) is 42.5 Å². The van der Waals surface area contributed by atoms with E-state index in [1.54, 1.807) is 18.2 Å². The van der Waals surface area contributed by atoms with Crippen molar-refractivity contribution in [2.75, 3.05) is 43.3 Å². The van der Waals surface area contributed by atoms with Crippen LogP contribution in [0.4, 0.5) is 11.4 Å². The van der Waals surface area contributed by atoms with Gasteiger partial charge in [0.05, 0.1) is 25.3 Å². The van der Waals surface area contributed by atoms with Crippen LogP contribution in [0.1, 0.15) is 32.1 Å². The molecule has 1 aromatic carbocycles. The minimum atomic E-state index is -5.92. The van der Waals surface area contributed by atoms with Gasteiger partial charge >= 0.3 is 0 Å². The molecule has 3 heterocycles. The molecular weight excluding hydrogens is 999 g/mol. The number of carbonyl (C=O) groups excluding carboxylic acids is 2. The molecule has 3 aliphatic heterocycles. The number of hydrogen-bond donors (Lipinski definition) is 9. The summed E-state index contributed by atoms with van der Waals surface area (Å²) < 4.78 is 139. The number of carbonyl (C=O) groups is 2. The standard InChI is InChI=1S/C33H53N3O25S5/c1-55-27-20(14-57-65(49,50)51)58-32(22(25(27)42)36-64(46,47)48)59-28-26(43)29(61-66(52,53)54)33(60-30(28)31(44)45)56-13-19(38)24(41)23(40)18(37)12-34-15-5-4-6-16(11-15)35-21(39)8-3-2-7-17-9-10-62-63-17/h4-6,11,17-20,22-30,32-34,36-38,40-43H,2-3,7-10,12-14H2,1H3,(H,35,39)(H,44,45)(H,46,47,48)(H,49,50,51)(H,52,53,54)/p-4/t17?,18-,19+,20+,22+,23+,24+,25+,26-,27+,28-,29+,30+,32+,33+/m0/s1. The molecule has 3 fully saturated rings. The van der Waals surface area contributed by atoms with Crippen molar-refractivity contribution in [3.8, 4) is 0 Å². The van der Waals surface area contributed by atoms with Gasteiger partial charge in [-0.2, -0.15) is 0 Å². The third kappa shape index (κ3) is 17.7. The van der Waals surface area contributed by atoms with Crippen LogP contribution in [-0.2, 0) is 72.7 Å². The fourth-order valence-electron chi connectivity index (χ4n) is 6.84. The highest BCUT2D eigenvalue weighted by Gasteiger charge is 2.54. The van der Waals surface area contributed by atoms with Gasteiger partial charge in [-0.05, 0) is 37.5 Å². The van der Waals surface area contributed by atoms with Crippen LogP contribution in [0.5, 0.6) is 0 Å². The Balaban J connectivity index is 1.40. The maximum atomic E-state index is 12.5. The van der Waals surface area contributed by atoms with E-state index in [4.69, 9.17) is 23.7 Å². The number of aliphatic carboxylic acids is 1. The van der Waals surface area contributed by atoms with E-state index in [1.807, 2.05) is 21.6 Å². The summed E-state index contributed by atoms with van der Waals surface area (Å²) in [6, 6.07) is 3.97. The predicted molar refractivity (Wildman–Crippen MR) is 217 cm³/mol. The molecule has 0 aromatic heterocycles. The van der Waals surface area contributed by atoms with Crippen LogP contribution in [0.15, 0.2) is 24.3 Å². The van der Waals surface area contributed by atoms with Crippen molar-refractivity contribution in [3.05, 3.63) is 24.3 Å². The second-order valence-electron chi connectivity index (χ2n) is 14.9. The van der Waals surface area contributed by atoms with Crippen molar-refractivity contribution in [1.29, 1.82) is 0 Å². The molecule has 0 radical (unpaired) electrons. The molecule has 4 rings (SSSR count). The molecule has 33 heteroatoms. The van der Waals surface area contributed by atoms with Crippen molar-refractivity contribution in [2.45, 2.75) is 123 Å². The lowest BCUT2D eigenvalue weighted by Gasteiger charge is -2.48. The normalized spacial score (nSPS) is 30.5. The van der Waals surface area contributed by atoms with E-state index in [0.717, 1.165) is 32.1 Å². The Hall–Kier alpha value is -2.17. The third-order valence-corrected chi connectivity index (χ3v) is 14.5. The zero-order chi connectivity index (χ0) is 49.1. The zero-order valence-corrected chi connectivity index (χ0v) is 38.4. The Kier molecular flexibility index (Phi) is 21.5. The summed E-state index contributed by atoms with van der Waals surface area (Å²) in [5.41, 5.74) is 0.783. The molecule has 0 bridgehead atoms. The third-order valence-electron chi connectivity index (χ3n) is 10.0. The minimum Gasteiger partial charge on any atom is -0.735 e. The summed E-state index contributed by atoms with van der Waals surface area (Å²) in [7, 11) is -12.4. The lowest BCUT2D eigenvalue weighted by atomic mass is 9.95. The molecule has 1 aromatic rings. The summed E-state index contributed by atoms with van der Waals surface area (Å²) >= 11 is 0. The number of carboxylic acid groups (broad SMARTS) is 1. The smallest absolute Gasteiger partial charge is 0.224 e. The first-order valence-corrected chi connectivity index (χ1v) is 26.0. The monoisotopic (exact) mass is 1050 g/mol. The van der Waals surface area contributed by atoms with Gasteiger partial charge in [-0.15, -0.1) is 0 Å². The van der Waals surface area contributed by atoms with Crippen molar-refractivity contribution in [3.63, 3.8) is 0 Å². The second kappa shape index (κ2) is 25.1. The van der Waals surface area contributed by atoms with Crippen LogP contribution < -0.4 is 20.5 Å². The lowest BCUT2D eigenvalue weighted by Crippen LogP contribution is -2.69. The molecule has 3 aliphatic rings. The van der Waals surface area contributed by atoms with E-state index >= 15 is 0 Å². The molecule has 0 saturated carbocycles. The van der Waals surface area contributed by atoms with Gasteiger partial charge < -0.3 is 88.5 Å². The predicted octanol–water partition coefficient (Wildman–Crippen LogP) is -5.73. The van der Waals surface area contributed by atoms with Crippen LogP contribution in [0.3, 0.4) is 0 Å². The molecular formula is C33H49N3O25S5-4. The van der Waals surface area contributed by atoms with Gasteiger partial charge in [-0.3, -0.25) is 13.2 Å². The number of anilines is 2. The summed E-state index contributed by atoms with van der Waals surface area (Å²) in [5.74, 6) is -1.42. The van der Waals surface area contributed by atoms with E-state index in [-0.39, 0.29) is 5.91 Å². The van der Waals surface area contributed by atoms with Gasteiger partial charge in [-0.25, -0.2) is 30.0 Å². The van der Waals surface area contributed by atoms with Crippen LogP contribution in [0, 0.1) is 0 Å². The number of carboxylic acids is 1. The van der Waals surface area contributed by atoms with E-state index in [2.05, 4.69) is 19.0 Å². The quantitative estimate of drug-likeness (QED) is 0.0181. The number of nitrogens with one attached hydrogen (secondary N) is 3. The lowest BCUT2D eigenvalue weighted by molar-refractivity contribution is -0.368. The van der Waals surface area contributed by atoms with Gasteiger partial charge in [0.25, 0.3) is 0 Å². The molecule has 1 unspecified atom stereocenters. The van der Waals surface area contributed by atoms with Crippen LogP contribution in [-0.4, -0.2) is 205 Å². The van der Waals surface area contributed by atoms with Gasteiger partial charge in [0.15, 0.2) is 29.0 Å². The maximum Gasteiger partial charge on any atom is 0.224 e. The summed E-state index contributed by atoms with van der Waals surface area (Å²) in [4.78, 5) is 24.8. The Morgan fingerprint density at radius 3 is 2.18 bits per heavy atom. The topological polar surface area (TPSA) is 451 Å². The highest BCUT2D eigenvalue weighted by atomic mass is 33.1. The summed E-state index contributed by atoms with van der Waals surface area (Å²) in [5, 5.41) is 83.0. The number of aliphatic hydroxyl groups excluding tert-OH is 6. The largest absolute Gasteiger partial charge is 0.735 e. The van der Waals surface area contributed by atoms with E-state index in [1.165, 1.54) is 10.8 Å². The molecule has 0 spiro atoms. The van der Waals surface area contributed by atoms with E-state index in [0.29, 0.717) is 29.5 Å². The highest BCUT2D eigenvalue weighted by Crippen LogP contribution is 2.40. The van der Waals surface area contributed by atoms with Crippen LogP contribution >= 0.6 is 21.6 Å². The molecule has 0 aliphatic carbocycles. The van der Waals surface area contributed by atoms with Crippen molar-refractivity contribution in [1.82, 2.24) is 4.72 Å². The van der Waals surface area contributed by atoms with Crippen molar-refractivity contribution in [2.24, 2.45) is 0 Å². The molecule has 66 heavy (non-hydrogen) atoms. The first-order chi connectivity index (χ1) is 30.8. The highest BCUT2D eigenvalue weighted by molar-refractivity contribution is 8.77. The number of hydrogen-bond acceptors (Lipinski definition) is 28. The summed E-state index contributed by atoms with van der Waals surface area (Å²) in [6.45, 7) is -3.00. The Morgan fingerprint density at radius 1 is 0.894 bits per heavy atom. The number of ether oxygens (including phenoxy) is 5. The van der Waals surface area contributed by atoms with Crippen LogP contribution in [0.25, 0.3) is 0 Å². The molecule has 15 atom stereocenters. The summed E-state index contributed by atoms with van der Waals surface area (Å²) in [6.07, 6.45) is -26.3. The molecule has 9 N–H and O–H groups in total.